The Balaban J connectivity index is 1.54. The fraction of sp³-hybridized carbons (Fsp3) is 0.286. The molecule has 0 unspecified atom stereocenters. The Labute approximate surface area is 196 Å². The lowest BCUT2D eigenvalue weighted by molar-refractivity contribution is -0.121. The van der Waals surface area contributed by atoms with Crippen LogP contribution in [0.4, 0.5) is 22.7 Å². The van der Waals surface area contributed by atoms with Gasteiger partial charge in [0.05, 0.1) is 10.5 Å². The van der Waals surface area contributed by atoms with E-state index in [1.807, 2.05) is 30.3 Å². The van der Waals surface area contributed by atoms with Gasteiger partial charge in [0, 0.05) is 5.41 Å². The molecule has 3 aromatic rings. The lowest BCUT2D eigenvalue weighted by atomic mass is 9.65. The number of benzene rings is 2. The summed E-state index contributed by atoms with van der Waals surface area (Å²) >= 11 is 1.13. The number of carbonyl (C=O) groups is 1. The first-order valence-electron chi connectivity index (χ1n) is 10.1. The van der Waals surface area contributed by atoms with Crippen molar-refractivity contribution in [3.8, 4) is 0 Å². The molecule has 2 N–H and O–H groups in total. The van der Waals surface area contributed by atoms with Crippen molar-refractivity contribution in [3.05, 3.63) is 70.5 Å². The van der Waals surface area contributed by atoms with E-state index in [0.717, 1.165) is 42.2 Å². The Morgan fingerprint density at radius 3 is 2.41 bits per heavy atom. The molecule has 7 nitrogen and oxygen atoms in total. The quantitative estimate of drug-likeness (QED) is 0.460. The van der Waals surface area contributed by atoms with Crippen LogP contribution in [-0.4, -0.2) is 37.2 Å². The molecule has 0 saturated heterocycles. The van der Waals surface area contributed by atoms with Gasteiger partial charge in [0.15, 0.2) is 0 Å². The van der Waals surface area contributed by atoms with Gasteiger partial charge in [-0.3, -0.25) is 10.1 Å². The highest BCUT2D eigenvalue weighted by molar-refractivity contribution is 7.89. The molecule has 180 valence electrons. The number of halogens is 4. The number of alkyl halides is 3. The van der Waals surface area contributed by atoms with Gasteiger partial charge in [-0.25, -0.2) is 17.5 Å². The number of nitrogens with one attached hydrogen (secondary N) is 2. The van der Waals surface area contributed by atoms with E-state index in [0.29, 0.717) is 17.1 Å². The number of carbonyl (C=O) groups excluding carboxylic acids is 1. The molecule has 1 aromatic heterocycles. The zero-order valence-corrected chi connectivity index (χ0v) is 19.0. The van der Waals surface area contributed by atoms with Gasteiger partial charge < -0.3 is 0 Å². The largest absolute Gasteiger partial charge is 0.402 e. The van der Waals surface area contributed by atoms with E-state index in [4.69, 9.17) is 0 Å². The van der Waals surface area contributed by atoms with Crippen molar-refractivity contribution in [2.24, 2.45) is 0 Å². The summed E-state index contributed by atoms with van der Waals surface area (Å²) in [6, 6.07) is 11.9. The van der Waals surface area contributed by atoms with Crippen LogP contribution in [0.1, 0.15) is 40.2 Å². The SMILES string of the molecule is O=C(Nc1nnc(C2(c3ccccc3)CCC2)s1)c1cc(S(=O)(=O)NCC(F)(F)F)ccc1F. The summed E-state index contributed by atoms with van der Waals surface area (Å²) < 4.78 is 77.0. The summed E-state index contributed by atoms with van der Waals surface area (Å²) in [5.41, 5.74) is 0.101. The number of anilines is 1. The zero-order chi connectivity index (χ0) is 24.6. The van der Waals surface area contributed by atoms with E-state index in [9.17, 15) is 30.8 Å². The Hall–Kier alpha value is -2.90. The van der Waals surface area contributed by atoms with Gasteiger partial charge in [-0.1, -0.05) is 48.1 Å². The molecule has 0 bridgehead atoms. The molecule has 0 spiro atoms. The monoisotopic (exact) mass is 514 g/mol. The maximum Gasteiger partial charge on any atom is 0.402 e. The van der Waals surface area contributed by atoms with Crippen LogP contribution in [-0.2, 0) is 15.4 Å². The Bertz CT molecular complexity index is 1310. The molecule has 1 amide bonds. The van der Waals surface area contributed by atoms with Gasteiger partial charge in [-0.15, -0.1) is 10.2 Å². The minimum atomic E-state index is -4.78. The van der Waals surface area contributed by atoms with Gasteiger partial charge in [-0.2, -0.15) is 13.2 Å². The molecule has 2 aromatic carbocycles. The van der Waals surface area contributed by atoms with Crippen molar-refractivity contribution >= 4 is 32.4 Å². The molecule has 34 heavy (non-hydrogen) atoms. The van der Waals surface area contributed by atoms with Crippen LogP contribution in [0.15, 0.2) is 53.4 Å². The average Bonchev–Trinajstić information content (AvgIpc) is 3.20. The third kappa shape index (κ3) is 4.95. The maximum absolute atomic E-state index is 14.3. The second-order valence-electron chi connectivity index (χ2n) is 7.75. The first-order valence-corrected chi connectivity index (χ1v) is 12.4. The fourth-order valence-electron chi connectivity index (χ4n) is 3.65. The number of hydrogen-bond acceptors (Lipinski definition) is 6. The fourth-order valence-corrected chi connectivity index (χ4v) is 5.70. The van der Waals surface area contributed by atoms with Crippen LogP contribution in [0.25, 0.3) is 0 Å². The lowest BCUT2D eigenvalue weighted by Gasteiger charge is -2.40. The molecule has 1 saturated carbocycles. The highest BCUT2D eigenvalue weighted by atomic mass is 32.2. The van der Waals surface area contributed by atoms with Crippen molar-refractivity contribution < 1.29 is 30.8 Å². The van der Waals surface area contributed by atoms with Crippen molar-refractivity contribution in [2.75, 3.05) is 11.9 Å². The van der Waals surface area contributed by atoms with Crippen LogP contribution in [0, 0.1) is 5.82 Å². The van der Waals surface area contributed by atoms with Gasteiger partial charge in [0.25, 0.3) is 5.91 Å². The van der Waals surface area contributed by atoms with Gasteiger partial charge in [0.1, 0.15) is 17.4 Å². The van der Waals surface area contributed by atoms with Crippen molar-refractivity contribution in [1.29, 1.82) is 0 Å². The number of rotatable bonds is 7. The van der Waals surface area contributed by atoms with Gasteiger partial charge in [-0.05, 0) is 36.6 Å². The molecule has 1 aliphatic rings. The average molecular weight is 515 g/mol. The summed E-state index contributed by atoms with van der Waals surface area (Å²) in [5.74, 6) is -2.05. The summed E-state index contributed by atoms with van der Waals surface area (Å²) in [4.78, 5) is 12.0. The third-order valence-electron chi connectivity index (χ3n) is 5.54. The number of hydrogen-bond donors (Lipinski definition) is 2. The Morgan fingerprint density at radius 1 is 1.09 bits per heavy atom. The normalized spacial score (nSPS) is 15.5. The minimum absolute atomic E-state index is 0.0880. The van der Waals surface area contributed by atoms with E-state index in [1.54, 1.807) is 0 Å². The number of sulfonamides is 1. The molecule has 4 rings (SSSR count). The molecule has 0 atom stereocenters. The predicted octanol–water partition coefficient (Wildman–Crippen LogP) is 4.24. The summed E-state index contributed by atoms with van der Waals surface area (Å²) in [5, 5.41) is 11.4. The number of amides is 1. The van der Waals surface area contributed by atoms with E-state index < -0.39 is 44.9 Å². The van der Waals surface area contributed by atoms with E-state index in [1.165, 1.54) is 4.72 Å². The van der Waals surface area contributed by atoms with Crippen molar-refractivity contribution in [2.45, 2.75) is 35.7 Å². The standard InChI is InChI=1S/C21H18F4N4O3S2/c22-16-8-7-14(34(31,32)26-12-21(23,24)25)11-15(16)17(30)27-19-29-28-18(33-19)20(9-4-10-20)13-5-2-1-3-6-13/h1-3,5-8,11,26H,4,9-10,12H2,(H,27,29,30). The molecular weight excluding hydrogens is 496 g/mol. The van der Waals surface area contributed by atoms with E-state index in [-0.39, 0.29) is 10.5 Å². The molecule has 0 aliphatic heterocycles. The van der Waals surface area contributed by atoms with Crippen LogP contribution < -0.4 is 10.0 Å². The summed E-state index contributed by atoms with van der Waals surface area (Å²) in [6.07, 6.45) is -2.05. The number of nitrogens with zero attached hydrogens (tertiary/aromatic N) is 2. The topological polar surface area (TPSA) is 101 Å². The van der Waals surface area contributed by atoms with Crippen LogP contribution in [0.3, 0.4) is 0 Å². The first kappa shape index (κ1) is 24.2. The highest BCUT2D eigenvalue weighted by Crippen LogP contribution is 2.50. The van der Waals surface area contributed by atoms with E-state index >= 15 is 0 Å². The van der Waals surface area contributed by atoms with Gasteiger partial charge in [0.2, 0.25) is 15.2 Å². The molecule has 13 heteroatoms. The highest BCUT2D eigenvalue weighted by Gasteiger charge is 2.43. The Kier molecular flexibility index (Phi) is 6.44. The molecule has 1 aliphatic carbocycles. The van der Waals surface area contributed by atoms with Crippen LogP contribution in [0.5, 0.6) is 0 Å². The summed E-state index contributed by atoms with van der Waals surface area (Å²) in [6.45, 7) is -1.80. The predicted molar refractivity (Wildman–Crippen MR) is 117 cm³/mol. The molecule has 0 radical (unpaired) electrons. The first-order chi connectivity index (χ1) is 16.0. The van der Waals surface area contributed by atoms with Crippen molar-refractivity contribution in [1.82, 2.24) is 14.9 Å². The Morgan fingerprint density at radius 2 is 1.79 bits per heavy atom. The second-order valence-corrected chi connectivity index (χ2v) is 10.5. The smallest absolute Gasteiger partial charge is 0.296 e. The minimum Gasteiger partial charge on any atom is -0.296 e. The number of aromatic nitrogens is 2. The van der Waals surface area contributed by atoms with E-state index in [2.05, 4.69) is 15.5 Å². The van der Waals surface area contributed by atoms with Crippen LogP contribution in [0.2, 0.25) is 0 Å². The van der Waals surface area contributed by atoms with Crippen molar-refractivity contribution in [3.63, 3.8) is 0 Å². The third-order valence-corrected chi connectivity index (χ3v) is 7.99. The molecule has 1 heterocycles. The van der Waals surface area contributed by atoms with Crippen LogP contribution >= 0.6 is 11.3 Å². The molecule has 1 fully saturated rings. The molecular formula is C21H18F4N4O3S2. The van der Waals surface area contributed by atoms with Gasteiger partial charge >= 0.3 is 6.18 Å². The lowest BCUT2D eigenvalue weighted by Crippen LogP contribution is -2.35. The maximum atomic E-state index is 14.3. The zero-order valence-electron chi connectivity index (χ0n) is 17.4. The summed E-state index contributed by atoms with van der Waals surface area (Å²) in [7, 11) is -4.62. The second kappa shape index (κ2) is 9.04.